The van der Waals surface area contributed by atoms with Crippen LogP contribution in [0.3, 0.4) is 0 Å². The summed E-state index contributed by atoms with van der Waals surface area (Å²) in [5, 5.41) is 3.45. The van der Waals surface area contributed by atoms with Crippen molar-refractivity contribution in [3.05, 3.63) is 36.3 Å². The summed E-state index contributed by atoms with van der Waals surface area (Å²) < 4.78 is 5.45. The van der Waals surface area contributed by atoms with Crippen LogP contribution in [0.2, 0.25) is 0 Å². The van der Waals surface area contributed by atoms with Gasteiger partial charge >= 0.3 is 0 Å². The molecule has 0 unspecified atom stereocenters. The highest BCUT2D eigenvalue weighted by Crippen LogP contribution is 2.25. The average Bonchev–Trinajstić information content (AvgIpc) is 3.11. The van der Waals surface area contributed by atoms with Gasteiger partial charge in [0, 0.05) is 0 Å². The van der Waals surface area contributed by atoms with Gasteiger partial charge in [-0.05, 0) is 56.1 Å². The summed E-state index contributed by atoms with van der Waals surface area (Å²) in [5.74, 6) is 1.95. The van der Waals surface area contributed by atoms with Crippen molar-refractivity contribution in [2.24, 2.45) is 0 Å². The van der Waals surface area contributed by atoms with E-state index < -0.39 is 0 Å². The molecule has 1 aromatic carbocycles. The van der Waals surface area contributed by atoms with Gasteiger partial charge in [-0.15, -0.1) is 0 Å². The Morgan fingerprint density at radius 2 is 2.16 bits per heavy atom. The number of hydrogen-bond acceptors (Lipinski definition) is 3. The Bertz CT molecular complexity index is 527. The fourth-order valence-electron chi connectivity index (χ4n) is 2.48. The first-order chi connectivity index (χ1) is 9.36. The third-order valence-electron chi connectivity index (χ3n) is 3.46. The minimum Gasteiger partial charge on any atom is -0.494 e. The van der Waals surface area contributed by atoms with E-state index in [1.54, 1.807) is 0 Å². The standard InChI is InChI=1S/C15H19N3O/c1-2-19-12-7-5-11(6-8-12)14-10-17-15(18-14)13-4-3-9-16-13/h5-8,10,13,16H,2-4,9H2,1H3,(H,17,18)/t13-/m0/s1. The van der Waals surface area contributed by atoms with Crippen LogP contribution in [0.15, 0.2) is 30.5 Å². The molecule has 2 N–H and O–H groups in total. The van der Waals surface area contributed by atoms with Crippen LogP contribution in [0, 0.1) is 0 Å². The van der Waals surface area contributed by atoms with E-state index in [-0.39, 0.29) is 0 Å². The van der Waals surface area contributed by atoms with Gasteiger partial charge in [-0.3, -0.25) is 0 Å². The van der Waals surface area contributed by atoms with Gasteiger partial charge in [0.1, 0.15) is 11.6 Å². The number of benzene rings is 1. The maximum Gasteiger partial charge on any atom is 0.123 e. The maximum absolute atomic E-state index is 5.45. The monoisotopic (exact) mass is 257 g/mol. The van der Waals surface area contributed by atoms with Crippen LogP contribution in [-0.2, 0) is 0 Å². The fourth-order valence-corrected chi connectivity index (χ4v) is 2.48. The van der Waals surface area contributed by atoms with Crippen molar-refractivity contribution in [1.82, 2.24) is 15.3 Å². The van der Waals surface area contributed by atoms with E-state index >= 15 is 0 Å². The molecule has 0 spiro atoms. The molecule has 100 valence electrons. The molecule has 1 aromatic heterocycles. The molecule has 0 saturated carbocycles. The second-order valence-corrected chi connectivity index (χ2v) is 4.79. The molecule has 3 rings (SSSR count). The largest absolute Gasteiger partial charge is 0.494 e. The lowest BCUT2D eigenvalue weighted by atomic mass is 10.1. The molecule has 0 aliphatic carbocycles. The smallest absolute Gasteiger partial charge is 0.123 e. The maximum atomic E-state index is 5.45. The number of nitrogens with zero attached hydrogens (tertiary/aromatic N) is 1. The highest BCUT2D eigenvalue weighted by molar-refractivity contribution is 5.59. The molecular formula is C15H19N3O. The van der Waals surface area contributed by atoms with Gasteiger partial charge in [0.05, 0.1) is 24.5 Å². The Hall–Kier alpha value is -1.81. The van der Waals surface area contributed by atoms with Gasteiger partial charge in [0.25, 0.3) is 0 Å². The molecule has 0 amide bonds. The summed E-state index contributed by atoms with van der Waals surface area (Å²) in [6.45, 7) is 3.77. The van der Waals surface area contributed by atoms with Crippen LogP contribution in [0.4, 0.5) is 0 Å². The highest BCUT2D eigenvalue weighted by Gasteiger charge is 2.19. The van der Waals surface area contributed by atoms with Crippen molar-refractivity contribution in [3.63, 3.8) is 0 Å². The predicted molar refractivity (Wildman–Crippen MR) is 75.2 cm³/mol. The summed E-state index contributed by atoms with van der Waals surface area (Å²) >= 11 is 0. The molecule has 1 aliphatic heterocycles. The van der Waals surface area contributed by atoms with Gasteiger partial charge in [-0.25, -0.2) is 4.98 Å². The van der Waals surface area contributed by atoms with Gasteiger partial charge in [0.15, 0.2) is 0 Å². The van der Waals surface area contributed by atoms with E-state index in [2.05, 4.69) is 27.4 Å². The van der Waals surface area contributed by atoms with Crippen molar-refractivity contribution >= 4 is 0 Å². The number of H-pyrrole nitrogens is 1. The normalized spacial score (nSPS) is 18.7. The Labute approximate surface area is 113 Å². The molecule has 1 atom stereocenters. The third kappa shape index (κ3) is 2.63. The van der Waals surface area contributed by atoms with Crippen molar-refractivity contribution < 1.29 is 4.74 Å². The number of rotatable bonds is 4. The van der Waals surface area contributed by atoms with Crippen LogP contribution in [0.5, 0.6) is 5.75 Å². The summed E-state index contributed by atoms with van der Waals surface area (Å²) in [5.41, 5.74) is 2.20. The summed E-state index contributed by atoms with van der Waals surface area (Å²) in [6, 6.07) is 8.49. The van der Waals surface area contributed by atoms with Crippen molar-refractivity contribution in [1.29, 1.82) is 0 Å². The number of nitrogens with one attached hydrogen (secondary N) is 2. The van der Waals surface area contributed by atoms with Crippen LogP contribution < -0.4 is 10.1 Å². The van der Waals surface area contributed by atoms with E-state index in [1.165, 1.54) is 6.42 Å². The molecule has 1 aliphatic rings. The van der Waals surface area contributed by atoms with Gasteiger partial charge in [-0.1, -0.05) is 0 Å². The molecule has 2 heterocycles. The fraction of sp³-hybridized carbons (Fsp3) is 0.400. The predicted octanol–water partition coefficient (Wildman–Crippen LogP) is 2.90. The second kappa shape index (κ2) is 5.45. The van der Waals surface area contributed by atoms with Crippen LogP contribution in [0.1, 0.15) is 31.6 Å². The van der Waals surface area contributed by atoms with Gasteiger partial charge in [-0.2, -0.15) is 0 Å². The second-order valence-electron chi connectivity index (χ2n) is 4.79. The number of imidazole rings is 1. The quantitative estimate of drug-likeness (QED) is 0.885. The molecule has 4 nitrogen and oxygen atoms in total. The summed E-state index contributed by atoms with van der Waals surface area (Å²) in [7, 11) is 0. The third-order valence-corrected chi connectivity index (χ3v) is 3.46. The zero-order chi connectivity index (χ0) is 13.1. The number of aromatic amines is 1. The highest BCUT2D eigenvalue weighted by atomic mass is 16.5. The SMILES string of the molecule is CCOc1ccc(-c2cnc([C@@H]3CCCN3)[nH]2)cc1. The Balaban J connectivity index is 1.77. The van der Waals surface area contributed by atoms with Gasteiger partial charge in [0.2, 0.25) is 0 Å². The number of hydrogen-bond donors (Lipinski definition) is 2. The zero-order valence-corrected chi connectivity index (χ0v) is 11.1. The minimum absolute atomic E-state index is 0.386. The number of aromatic nitrogens is 2. The Morgan fingerprint density at radius 3 is 2.84 bits per heavy atom. The number of ether oxygens (including phenoxy) is 1. The van der Waals surface area contributed by atoms with Crippen LogP contribution in [-0.4, -0.2) is 23.1 Å². The molecule has 2 aromatic rings. The summed E-state index contributed by atoms with van der Waals surface area (Å²) in [6.07, 6.45) is 4.30. The Morgan fingerprint density at radius 1 is 1.32 bits per heavy atom. The lowest BCUT2D eigenvalue weighted by Gasteiger charge is -2.06. The lowest BCUT2D eigenvalue weighted by molar-refractivity contribution is 0.340. The molecule has 0 bridgehead atoms. The molecule has 0 radical (unpaired) electrons. The first kappa shape index (κ1) is 12.2. The van der Waals surface area contributed by atoms with Gasteiger partial charge < -0.3 is 15.0 Å². The molecule has 1 saturated heterocycles. The van der Waals surface area contributed by atoms with E-state index in [1.807, 2.05) is 25.3 Å². The first-order valence-electron chi connectivity index (χ1n) is 6.88. The van der Waals surface area contributed by atoms with E-state index in [4.69, 9.17) is 4.74 Å². The summed E-state index contributed by atoms with van der Waals surface area (Å²) in [4.78, 5) is 7.89. The lowest BCUT2D eigenvalue weighted by Crippen LogP contribution is -2.14. The Kier molecular flexibility index (Phi) is 3.51. The van der Waals surface area contributed by atoms with E-state index in [9.17, 15) is 0 Å². The topological polar surface area (TPSA) is 49.9 Å². The average molecular weight is 257 g/mol. The molecule has 1 fully saturated rings. The van der Waals surface area contributed by atoms with E-state index in [0.29, 0.717) is 12.6 Å². The molecule has 4 heteroatoms. The zero-order valence-electron chi connectivity index (χ0n) is 11.1. The van der Waals surface area contributed by atoms with Crippen LogP contribution >= 0.6 is 0 Å². The van der Waals surface area contributed by atoms with Crippen molar-refractivity contribution in [2.75, 3.05) is 13.2 Å². The van der Waals surface area contributed by atoms with E-state index in [0.717, 1.165) is 35.8 Å². The van der Waals surface area contributed by atoms with Crippen molar-refractivity contribution in [3.8, 4) is 17.0 Å². The minimum atomic E-state index is 0.386. The molecule has 19 heavy (non-hydrogen) atoms. The first-order valence-corrected chi connectivity index (χ1v) is 6.88. The van der Waals surface area contributed by atoms with Crippen molar-refractivity contribution in [2.45, 2.75) is 25.8 Å². The van der Waals surface area contributed by atoms with Crippen LogP contribution in [0.25, 0.3) is 11.3 Å². The molecular weight excluding hydrogens is 238 g/mol.